The van der Waals surface area contributed by atoms with Gasteiger partial charge in [-0.25, -0.2) is 0 Å². The summed E-state index contributed by atoms with van der Waals surface area (Å²) in [5.41, 5.74) is 6.27. The summed E-state index contributed by atoms with van der Waals surface area (Å²) in [6, 6.07) is 28.2. The first-order valence-electron chi connectivity index (χ1n) is 13.8. The van der Waals surface area contributed by atoms with E-state index in [9.17, 15) is 0 Å². The van der Waals surface area contributed by atoms with Gasteiger partial charge in [0.15, 0.2) is 23.0 Å². The molecule has 42 heavy (non-hydrogen) atoms. The van der Waals surface area contributed by atoms with Crippen LogP contribution in [0.5, 0.6) is 34.5 Å². The van der Waals surface area contributed by atoms with Gasteiger partial charge in [0.1, 0.15) is 13.2 Å². The van der Waals surface area contributed by atoms with Crippen molar-refractivity contribution >= 4 is 10.8 Å². The van der Waals surface area contributed by atoms with E-state index >= 15 is 0 Å². The maximum atomic E-state index is 6.31. The SMILES string of the molecule is COc1cc(-c2c(C)c(C)cc3c(OC)c(OCc4ccccc4)c(OC)cc23)cc(OC)c1OCc1ccccc1. The van der Waals surface area contributed by atoms with E-state index in [1.165, 1.54) is 0 Å². The summed E-state index contributed by atoms with van der Waals surface area (Å²) in [6.07, 6.45) is 0. The second-order valence-corrected chi connectivity index (χ2v) is 9.99. The molecular weight excluding hydrogens is 528 g/mol. The molecule has 216 valence electrons. The standard InChI is InChI=1S/C36H36O6/c1-23-17-29-28(20-32(39-5)36(34(29)40-6)42-22-26-15-11-8-12-16-26)33(24(23)2)27-18-30(37-3)35(31(19-27)38-4)41-21-25-13-9-7-10-14-25/h7-20H,21-22H2,1-6H3. The first-order valence-corrected chi connectivity index (χ1v) is 13.8. The number of hydrogen-bond acceptors (Lipinski definition) is 6. The maximum absolute atomic E-state index is 6.31. The van der Waals surface area contributed by atoms with Crippen molar-refractivity contribution in [3.63, 3.8) is 0 Å². The van der Waals surface area contributed by atoms with Crippen molar-refractivity contribution in [2.24, 2.45) is 0 Å². The highest BCUT2D eigenvalue weighted by molar-refractivity contribution is 6.05. The van der Waals surface area contributed by atoms with Crippen molar-refractivity contribution in [1.29, 1.82) is 0 Å². The van der Waals surface area contributed by atoms with Crippen LogP contribution >= 0.6 is 0 Å². The average molecular weight is 565 g/mol. The lowest BCUT2D eigenvalue weighted by Gasteiger charge is -2.22. The molecule has 0 bridgehead atoms. The fourth-order valence-corrected chi connectivity index (χ4v) is 5.19. The van der Waals surface area contributed by atoms with E-state index in [0.29, 0.717) is 47.7 Å². The third kappa shape index (κ3) is 5.66. The molecule has 6 nitrogen and oxygen atoms in total. The highest BCUT2D eigenvalue weighted by atomic mass is 16.5. The van der Waals surface area contributed by atoms with Crippen LogP contribution in [0.15, 0.2) is 84.9 Å². The van der Waals surface area contributed by atoms with E-state index in [1.54, 1.807) is 28.4 Å². The summed E-state index contributed by atoms with van der Waals surface area (Å²) in [6.45, 7) is 4.98. The van der Waals surface area contributed by atoms with Crippen molar-refractivity contribution < 1.29 is 28.4 Å². The Hall–Kier alpha value is -4.84. The molecule has 0 spiro atoms. The molecule has 0 unspecified atom stereocenters. The molecule has 0 fully saturated rings. The quantitative estimate of drug-likeness (QED) is 0.161. The monoisotopic (exact) mass is 564 g/mol. The summed E-state index contributed by atoms with van der Waals surface area (Å²) in [4.78, 5) is 0. The Morgan fingerprint density at radius 1 is 0.500 bits per heavy atom. The van der Waals surface area contributed by atoms with E-state index in [-0.39, 0.29) is 0 Å². The van der Waals surface area contributed by atoms with Crippen LogP contribution < -0.4 is 28.4 Å². The fraction of sp³-hybridized carbons (Fsp3) is 0.222. The van der Waals surface area contributed by atoms with Crippen molar-refractivity contribution in [1.82, 2.24) is 0 Å². The Bertz CT molecular complexity index is 1650. The third-order valence-corrected chi connectivity index (χ3v) is 7.46. The topological polar surface area (TPSA) is 55.4 Å². The number of ether oxygens (including phenoxy) is 6. The van der Waals surface area contributed by atoms with Crippen LogP contribution in [0.3, 0.4) is 0 Å². The summed E-state index contributed by atoms with van der Waals surface area (Å²) in [5, 5.41) is 1.88. The Kier molecular flexibility index (Phi) is 8.72. The van der Waals surface area contributed by atoms with Crippen LogP contribution in [0.4, 0.5) is 0 Å². The van der Waals surface area contributed by atoms with E-state index in [1.807, 2.05) is 78.9 Å². The molecule has 0 saturated heterocycles. The molecule has 5 aromatic rings. The lowest BCUT2D eigenvalue weighted by molar-refractivity contribution is 0.266. The van der Waals surface area contributed by atoms with Gasteiger partial charge < -0.3 is 28.4 Å². The highest BCUT2D eigenvalue weighted by Crippen LogP contribution is 2.50. The summed E-state index contributed by atoms with van der Waals surface area (Å²) < 4.78 is 36.0. The molecular formula is C36H36O6. The Labute approximate surface area is 247 Å². The van der Waals surface area contributed by atoms with Gasteiger partial charge >= 0.3 is 0 Å². The van der Waals surface area contributed by atoms with Crippen molar-refractivity contribution in [2.45, 2.75) is 27.1 Å². The van der Waals surface area contributed by atoms with Crippen LogP contribution in [0.25, 0.3) is 21.9 Å². The van der Waals surface area contributed by atoms with Gasteiger partial charge in [-0.1, -0.05) is 60.7 Å². The lowest BCUT2D eigenvalue weighted by Crippen LogP contribution is -2.03. The van der Waals surface area contributed by atoms with Gasteiger partial charge in [0, 0.05) is 5.39 Å². The van der Waals surface area contributed by atoms with Crippen molar-refractivity contribution in [3.8, 4) is 45.6 Å². The second kappa shape index (κ2) is 12.8. The van der Waals surface area contributed by atoms with Crippen LogP contribution in [-0.2, 0) is 13.2 Å². The highest BCUT2D eigenvalue weighted by Gasteiger charge is 2.23. The first kappa shape index (κ1) is 28.7. The number of benzene rings is 5. The number of hydrogen-bond donors (Lipinski definition) is 0. The smallest absolute Gasteiger partial charge is 0.204 e. The zero-order chi connectivity index (χ0) is 29.6. The van der Waals surface area contributed by atoms with Crippen LogP contribution in [0.2, 0.25) is 0 Å². The third-order valence-electron chi connectivity index (χ3n) is 7.46. The molecule has 0 saturated carbocycles. The van der Waals surface area contributed by atoms with Gasteiger partial charge in [0.2, 0.25) is 11.5 Å². The van der Waals surface area contributed by atoms with Gasteiger partial charge in [0.05, 0.1) is 28.4 Å². The van der Waals surface area contributed by atoms with Gasteiger partial charge in [-0.3, -0.25) is 0 Å². The molecule has 5 rings (SSSR count). The van der Waals surface area contributed by atoms with Gasteiger partial charge in [-0.05, 0) is 76.9 Å². The Balaban J connectivity index is 1.65. The molecule has 0 aromatic heterocycles. The number of aryl methyl sites for hydroxylation is 1. The average Bonchev–Trinajstić information content (AvgIpc) is 3.03. The predicted octanol–water partition coefficient (Wildman–Crippen LogP) is 8.32. The van der Waals surface area contributed by atoms with Gasteiger partial charge in [0.25, 0.3) is 0 Å². The number of rotatable bonds is 11. The zero-order valence-electron chi connectivity index (χ0n) is 24.9. The largest absolute Gasteiger partial charge is 0.493 e. The van der Waals surface area contributed by atoms with Crippen molar-refractivity contribution in [2.75, 3.05) is 28.4 Å². The summed E-state index contributed by atoms with van der Waals surface area (Å²) >= 11 is 0. The Morgan fingerprint density at radius 3 is 1.50 bits per heavy atom. The molecule has 0 aliphatic carbocycles. The normalized spacial score (nSPS) is 10.8. The molecule has 0 radical (unpaired) electrons. The van der Waals surface area contributed by atoms with Crippen molar-refractivity contribution in [3.05, 3.63) is 107 Å². The molecule has 0 amide bonds. The van der Waals surface area contributed by atoms with E-state index in [2.05, 4.69) is 19.9 Å². The molecule has 5 aromatic carbocycles. The van der Waals surface area contributed by atoms with Gasteiger partial charge in [-0.2, -0.15) is 0 Å². The Morgan fingerprint density at radius 2 is 1.00 bits per heavy atom. The van der Waals surface area contributed by atoms with E-state index < -0.39 is 0 Å². The second-order valence-electron chi connectivity index (χ2n) is 9.99. The zero-order valence-corrected chi connectivity index (χ0v) is 24.9. The van der Waals surface area contributed by atoms with Crippen LogP contribution in [0, 0.1) is 13.8 Å². The molecule has 6 heteroatoms. The summed E-state index contributed by atoms with van der Waals surface area (Å²) in [5.74, 6) is 3.47. The van der Waals surface area contributed by atoms with Crippen LogP contribution in [-0.4, -0.2) is 28.4 Å². The van der Waals surface area contributed by atoms with E-state index in [4.69, 9.17) is 28.4 Å². The van der Waals surface area contributed by atoms with Gasteiger partial charge in [-0.15, -0.1) is 0 Å². The van der Waals surface area contributed by atoms with E-state index in [0.717, 1.165) is 44.2 Å². The molecule has 0 atom stereocenters. The molecule has 0 N–H and O–H groups in total. The molecule has 0 heterocycles. The van der Waals surface area contributed by atoms with Crippen LogP contribution in [0.1, 0.15) is 22.3 Å². The maximum Gasteiger partial charge on any atom is 0.204 e. The lowest BCUT2D eigenvalue weighted by atomic mass is 9.89. The summed E-state index contributed by atoms with van der Waals surface area (Å²) in [7, 11) is 6.57. The molecule has 0 aliphatic rings. The number of methoxy groups -OCH3 is 4. The minimum Gasteiger partial charge on any atom is -0.493 e. The number of fused-ring (bicyclic) bond motifs is 1. The minimum absolute atomic E-state index is 0.385. The molecule has 0 aliphatic heterocycles. The predicted molar refractivity (Wildman–Crippen MR) is 167 cm³/mol. The first-order chi connectivity index (χ1) is 20.5. The minimum atomic E-state index is 0.385. The fourth-order valence-electron chi connectivity index (χ4n) is 5.19.